The fraction of sp³-hybridized carbons (Fsp3) is 0.231. The molecule has 10 nitrogen and oxygen atoms in total. The molecule has 2 heterocycles. The lowest BCUT2D eigenvalue weighted by molar-refractivity contribution is -0.384. The molecule has 0 radical (unpaired) electrons. The van der Waals surface area contributed by atoms with Crippen LogP contribution >= 0.6 is 34.5 Å². The first kappa shape index (κ1) is 29.6. The summed E-state index contributed by atoms with van der Waals surface area (Å²) >= 11 is 13.1. The minimum absolute atomic E-state index is 0.0181. The van der Waals surface area contributed by atoms with Crippen molar-refractivity contribution in [1.29, 1.82) is 5.26 Å². The molecule has 0 unspecified atom stereocenters. The lowest BCUT2D eigenvalue weighted by Crippen LogP contribution is -2.12. The Kier molecular flexibility index (Phi) is 9.64. The number of thiophene rings is 1. The summed E-state index contributed by atoms with van der Waals surface area (Å²) in [6, 6.07) is 7.18. The number of nitro groups is 1. The summed E-state index contributed by atoms with van der Waals surface area (Å²) in [5, 5.41) is 20.6. The van der Waals surface area contributed by atoms with E-state index in [0.29, 0.717) is 5.56 Å². The normalized spacial score (nSPS) is 11.1. The van der Waals surface area contributed by atoms with E-state index in [9.17, 15) is 29.8 Å². The van der Waals surface area contributed by atoms with Crippen LogP contribution in [0.4, 0.5) is 5.69 Å². The van der Waals surface area contributed by atoms with E-state index in [-0.39, 0.29) is 73.3 Å². The minimum Gasteiger partial charge on any atom is -0.462 e. The summed E-state index contributed by atoms with van der Waals surface area (Å²) in [5.74, 6) is -1.63. The maximum Gasteiger partial charge on any atom is 0.348 e. The number of carbonyl (C=O) groups is 3. The highest BCUT2D eigenvalue weighted by Gasteiger charge is 2.28. The van der Waals surface area contributed by atoms with Crippen molar-refractivity contribution in [3.8, 4) is 17.4 Å². The third-order valence-corrected chi connectivity index (χ3v) is 7.20. The molecule has 1 aromatic carbocycles. The molecule has 3 aromatic rings. The summed E-state index contributed by atoms with van der Waals surface area (Å²) in [7, 11) is 0. The van der Waals surface area contributed by atoms with Crippen LogP contribution in [0.15, 0.2) is 34.3 Å². The Morgan fingerprint density at radius 1 is 1.13 bits per heavy atom. The van der Waals surface area contributed by atoms with Gasteiger partial charge in [-0.3, -0.25) is 14.9 Å². The number of hydrogen-bond acceptors (Lipinski definition) is 10. The molecule has 2 aromatic heterocycles. The van der Waals surface area contributed by atoms with Crippen molar-refractivity contribution in [1.82, 2.24) is 0 Å². The molecule has 0 aliphatic carbocycles. The summed E-state index contributed by atoms with van der Waals surface area (Å²) in [6.45, 7) is 5.05. The van der Waals surface area contributed by atoms with Gasteiger partial charge in [-0.15, -0.1) is 11.3 Å². The van der Waals surface area contributed by atoms with E-state index >= 15 is 0 Å². The number of ether oxygens (including phenoxy) is 2. The van der Waals surface area contributed by atoms with E-state index in [0.717, 1.165) is 17.4 Å². The number of nitriles is 1. The van der Waals surface area contributed by atoms with Crippen LogP contribution in [0.25, 0.3) is 17.4 Å². The van der Waals surface area contributed by atoms with Gasteiger partial charge in [0.05, 0.1) is 34.3 Å². The first-order chi connectivity index (χ1) is 18.5. The molecule has 202 valence electrons. The monoisotopic (exact) mass is 590 g/mol. The molecule has 0 aliphatic heterocycles. The van der Waals surface area contributed by atoms with Gasteiger partial charge in [-0.1, -0.05) is 23.2 Å². The lowest BCUT2D eigenvalue weighted by atomic mass is 10.0. The average molecular weight is 591 g/mol. The highest BCUT2D eigenvalue weighted by molar-refractivity contribution is 7.14. The highest BCUT2D eigenvalue weighted by atomic mass is 35.5. The second-order valence-corrected chi connectivity index (χ2v) is 9.73. The zero-order chi connectivity index (χ0) is 28.9. The number of halogens is 2. The molecule has 0 N–H and O–H groups in total. The Labute approximate surface area is 236 Å². The largest absolute Gasteiger partial charge is 0.462 e. The van der Waals surface area contributed by atoms with Crippen molar-refractivity contribution < 1.29 is 33.2 Å². The number of carbonyl (C=O) groups excluding carboxylic acids is 3. The maximum absolute atomic E-state index is 13.1. The molecular formula is C26H20Cl2N2O8S. The smallest absolute Gasteiger partial charge is 0.348 e. The second kappa shape index (κ2) is 12.7. The fourth-order valence-electron chi connectivity index (χ4n) is 3.56. The SMILES string of the molecule is CCOC(=O)c1sc(CC(=O)/C(C#N)=C/c2ccc(-c3cc(Cl)c([N+](=O)[O-])cc3Cl)o2)c(C(=O)OCC)c1C. The van der Waals surface area contributed by atoms with Crippen LogP contribution in [0, 0.1) is 28.4 Å². The number of nitrogens with zero attached hydrogens (tertiary/aromatic N) is 2. The number of allylic oxidation sites excluding steroid dienone is 1. The number of furan rings is 1. The van der Waals surface area contributed by atoms with E-state index in [1.807, 2.05) is 6.07 Å². The highest BCUT2D eigenvalue weighted by Crippen LogP contribution is 2.37. The summed E-state index contributed by atoms with van der Waals surface area (Å²) in [5.41, 5.74) is 0.0438. The summed E-state index contributed by atoms with van der Waals surface area (Å²) in [4.78, 5) is 48.9. The van der Waals surface area contributed by atoms with Crippen molar-refractivity contribution in [3.63, 3.8) is 0 Å². The minimum atomic E-state index is -0.693. The van der Waals surface area contributed by atoms with Gasteiger partial charge in [0, 0.05) is 29.0 Å². The third kappa shape index (κ3) is 6.54. The Morgan fingerprint density at radius 3 is 2.41 bits per heavy atom. The van der Waals surface area contributed by atoms with Crippen molar-refractivity contribution in [2.45, 2.75) is 27.2 Å². The molecule has 0 saturated carbocycles. The number of nitro benzene ring substituents is 1. The molecule has 39 heavy (non-hydrogen) atoms. The van der Waals surface area contributed by atoms with Gasteiger partial charge in [-0.2, -0.15) is 5.26 Å². The molecule has 0 fully saturated rings. The van der Waals surface area contributed by atoms with E-state index < -0.39 is 22.6 Å². The lowest BCUT2D eigenvalue weighted by Gasteiger charge is -2.05. The maximum atomic E-state index is 13.1. The van der Waals surface area contributed by atoms with Gasteiger partial charge in [-0.25, -0.2) is 9.59 Å². The Morgan fingerprint density at radius 2 is 1.79 bits per heavy atom. The summed E-state index contributed by atoms with van der Waals surface area (Å²) < 4.78 is 15.8. The van der Waals surface area contributed by atoms with Crippen LogP contribution in [-0.4, -0.2) is 35.9 Å². The van der Waals surface area contributed by atoms with E-state index in [4.69, 9.17) is 37.1 Å². The van der Waals surface area contributed by atoms with E-state index in [1.54, 1.807) is 20.8 Å². The standard InChI is InChI=1S/C26H20Cl2N2O8S/c1-4-36-25(32)23-13(3)24(26(33)37-5-2)39-22(23)11-20(31)14(12-29)8-15-6-7-21(38-15)16-9-18(28)19(30(34)35)10-17(16)27/h6-10H,4-5,11H2,1-3H3/b14-8+. The van der Waals surface area contributed by atoms with Gasteiger partial charge in [-0.05, 0) is 44.5 Å². The number of hydrogen-bond donors (Lipinski definition) is 0. The van der Waals surface area contributed by atoms with Gasteiger partial charge in [0.2, 0.25) is 0 Å². The van der Waals surface area contributed by atoms with Gasteiger partial charge in [0.1, 0.15) is 27.5 Å². The molecule has 0 aliphatic rings. The van der Waals surface area contributed by atoms with E-state index in [2.05, 4.69) is 0 Å². The zero-order valence-corrected chi connectivity index (χ0v) is 23.2. The number of benzene rings is 1. The Balaban J connectivity index is 1.93. The Bertz CT molecular complexity index is 1550. The first-order valence-corrected chi connectivity index (χ1v) is 12.9. The van der Waals surface area contributed by atoms with Crippen LogP contribution in [0.5, 0.6) is 0 Å². The molecule has 0 amide bonds. The average Bonchev–Trinajstić information content (AvgIpc) is 3.47. The molecular weight excluding hydrogens is 571 g/mol. The quantitative estimate of drug-likeness (QED) is 0.0835. The number of esters is 2. The molecule has 0 atom stereocenters. The molecule has 0 saturated heterocycles. The zero-order valence-electron chi connectivity index (χ0n) is 20.8. The number of rotatable bonds is 10. The molecule has 13 heteroatoms. The predicted octanol–water partition coefficient (Wildman–Crippen LogP) is 6.60. The molecule has 0 spiro atoms. The number of ketones is 1. The topological polar surface area (TPSA) is 150 Å². The van der Waals surface area contributed by atoms with E-state index in [1.165, 1.54) is 24.3 Å². The van der Waals surface area contributed by atoms with Crippen LogP contribution in [0.1, 0.15) is 50.1 Å². The van der Waals surface area contributed by atoms with Gasteiger partial charge >= 0.3 is 11.9 Å². The van der Waals surface area contributed by atoms with Crippen LogP contribution in [0.3, 0.4) is 0 Å². The second-order valence-electron chi connectivity index (χ2n) is 7.81. The summed E-state index contributed by atoms with van der Waals surface area (Å²) in [6.07, 6.45) is 0.860. The number of Topliss-reactive ketones (excluding diaryl/α,β-unsaturated/α-hetero) is 1. The first-order valence-electron chi connectivity index (χ1n) is 11.4. The van der Waals surface area contributed by atoms with Gasteiger partial charge in [0.15, 0.2) is 5.78 Å². The van der Waals surface area contributed by atoms with Gasteiger partial charge < -0.3 is 13.9 Å². The van der Waals surface area contributed by atoms with Crippen LogP contribution in [-0.2, 0) is 20.7 Å². The molecule has 0 bridgehead atoms. The van der Waals surface area contributed by atoms with Crippen molar-refractivity contribution in [2.24, 2.45) is 0 Å². The van der Waals surface area contributed by atoms with Crippen molar-refractivity contribution in [2.75, 3.05) is 13.2 Å². The predicted molar refractivity (Wildman–Crippen MR) is 144 cm³/mol. The van der Waals surface area contributed by atoms with Gasteiger partial charge in [0.25, 0.3) is 5.69 Å². The fourth-order valence-corrected chi connectivity index (χ4v) is 5.23. The molecule has 3 rings (SSSR count). The third-order valence-electron chi connectivity index (χ3n) is 5.31. The van der Waals surface area contributed by atoms with Crippen molar-refractivity contribution >= 4 is 64.0 Å². The Hall–Kier alpha value is -3.98. The van der Waals surface area contributed by atoms with Crippen molar-refractivity contribution in [3.05, 3.63) is 76.6 Å². The van der Waals surface area contributed by atoms with Crippen LogP contribution in [0.2, 0.25) is 10.0 Å². The van der Waals surface area contributed by atoms with Crippen LogP contribution < -0.4 is 0 Å².